The van der Waals surface area contributed by atoms with Crippen LogP contribution in [0.15, 0.2) is 83.8 Å². The molecule has 1 amide bonds. The van der Waals surface area contributed by atoms with Gasteiger partial charge in [-0.05, 0) is 41.8 Å². The molecular formula is C25H28N2O4S. The van der Waals surface area contributed by atoms with Gasteiger partial charge in [0.1, 0.15) is 5.75 Å². The van der Waals surface area contributed by atoms with Gasteiger partial charge < -0.3 is 9.64 Å². The van der Waals surface area contributed by atoms with E-state index in [4.69, 9.17) is 4.74 Å². The lowest BCUT2D eigenvalue weighted by Crippen LogP contribution is -2.40. The Hall–Kier alpha value is -3.16. The zero-order valence-electron chi connectivity index (χ0n) is 18.6. The minimum atomic E-state index is -3.83. The molecule has 0 aliphatic carbocycles. The highest BCUT2D eigenvalue weighted by Gasteiger charge is 2.26. The first-order valence-electron chi connectivity index (χ1n) is 10.3. The summed E-state index contributed by atoms with van der Waals surface area (Å²) in [7, 11) is -0.867. The molecule has 0 radical (unpaired) electrons. The van der Waals surface area contributed by atoms with E-state index in [0.717, 1.165) is 15.4 Å². The Morgan fingerprint density at radius 2 is 1.41 bits per heavy atom. The van der Waals surface area contributed by atoms with Gasteiger partial charge in [0.2, 0.25) is 15.9 Å². The predicted molar refractivity (Wildman–Crippen MR) is 125 cm³/mol. The summed E-state index contributed by atoms with van der Waals surface area (Å²) in [5.41, 5.74) is 2.67. The highest BCUT2D eigenvalue weighted by molar-refractivity contribution is 7.89. The van der Waals surface area contributed by atoms with E-state index in [1.165, 1.54) is 20.2 Å². The molecule has 6 nitrogen and oxygen atoms in total. The largest absolute Gasteiger partial charge is 0.496 e. The quantitative estimate of drug-likeness (QED) is 0.495. The average Bonchev–Trinajstić information content (AvgIpc) is 2.79. The monoisotopic (exact) mass is 452 g/mol. The van der Waals surface area contributed by atoms with E-state index < -0.39 is 10.0 Å². The molecule has 32 heavy (non-hydrogen) atoms. The fraction of sp³-hybridized carbons (Fsp3) is 0.240. The first-order valence-corrected chi connectivity index (χ1v) is 11.7. The number of carbonyl (C=O) groups is 1. The summed E-state index contributed by atoms with van der Waals surface area (Å²) in [5.74, 6) is 0.341. The summed E-state index contributed by atoms with van der Waals surface area (Å²) in [6.07, 6.45) is 0. The second kappa shape index (κ2) is 10.4. The van der Waals surface area contributed by atoms with Crippen LogP contribution in [0.3, 0.4) is 0 Å². The summed E-state index contributed by atoms with van der Waals surface area (Å²) >= 11 is 0. The van der Waals surface area contributed by atoms with Gasteiger partial charge in [0.15, 0.2) is 0 Å². The molecule has 0 atom stereocenters. The molecule has 0 heterocycles. The maximum atomic E-state index is 13.2. The predicted octanol–water partition coefficient (Wildman–Crippen LogP) is 3.85. The molecule has 3 aromatic rings. The van der Waals surface area contributed by atoms with E-state index in [1.54, 1.807) is 24.0 Å². The van der Waals surface area contributed by atoms with Crippen LogP contribution >= 0.6 is 0 Å². The smallest absolute Gasteiger partial charge is 0.243 e. The number of rotatable bonds is 9. The van der Waals surface area contributed by atoms with Gasteiger partial charge in [-0.1, -0.05) is 60.7 Å². The van der Waals surface area contributed by atoms with Gasteiger partial charge in [-0.15, -0.1) is 0 Å². The maximum absolute atomic E-state index is 13.2. The first-order chi connectivity index (χ1) is 15.3. The summed E-state index contributed by atoms with van der Waals surface area (Å²) in [6, 6.07) is 24.0. The Morgan fingerprint density at radius 3 is 1.88 bits per heavy atom. The first kappa shape index (κ1) is 23.5. The number of carbonyl (C=O) groups excluding carboxylic acids is 1. The van der Waals surface area contributed by atoms with Gasteiger partial charge in [-0.2, -0.15) is 4.31 Å². The number of hydrogen-bond donors (Lipinski definition) is 0. The number of ether oxygens (including phenoxy) is 1. The van der Waals surface area contributed by atoms with Gasteiger partial charge >= 0.3 is 0 Å². The number of likely N-dealkylation sites (N-methyl/N-ethyl adjacent to an activating group) is 1. The average molecular weight is 453 g/mol. The molecule has 0 aliphatic heterocycles. The molecule has 0 N–H and O–H groups in total. The van der Waals surface area contributed by atoms with Gasteiger partial charge in [-0.3, -0.25) is 4.79 Å². The topological polar surface area (TPSA) is 66.9 Å². The number of benzene rings is 3. The van der Waals surface area contributed by atoms with Gasteiger partial charge in [0.25, 0.3) is 0 Å². The van der Waals surface area contributed by atoms with Crippen LogP contribution in [0.4, 0.5) is 0 Å². The maximum Gasteiger partial charge on any atom is 0.243 e. The van der Waals surface area contributed by atoms with Crippen LogP contribution in [0.2, 0.25) is 0 Å². The van der Waals surface area contributed by atoms with Crippen LogP contribution < -0.4 is 4.74 Å². The molecule has 0 aromatic heterocycles. The zero-order valence-corrected chi connectivity index (χ0v) is 19.4. The third-order valence-electron chi connectivity index (χ3n) is 5.22. The number of methoxy groups -OCH3 is 1. The second-order valence-electron chi connectivity index (χ2n) is 7.61. The van der Waals surface area contributed by atoms with Crippen LogP contribution in [0.1, 0.15) is 16.7 Å². The fourth-order valence-electron chi connectivity index (χ4n) is 3.41. The molecule has 0 fully saturated rings. The van der Waals surface area contributed by atoms with E-state index in [-0.39, 0.29) is 17.3 Å². The van der Waals surface area contributed by atoms with E-state index in [0.29, 0.717) is 24.4 Å². The van der Waals surface area contributed by atoms with Gasteiger partial charge in [0, 0.05) is 20.1 Å². The van der Waals surface area contributed by atoms with Crippen molar-refractivity contribution in [2.45, 2.75) is 24.9 Å². The molecule has 7 heteroatoms. The van der Waals surface area contributed by atoms with Crippen LogP contribution in [-0.2, 0) is 27.9 Å². The van der Waals surface area contributed by atoms with Crippen molar-refractivity contribution < 1.29 is 17.9 Å². The lowest BCUT2D eigenvalue weighted by molar-refractivity contribution is -0.132. The Kier molecular flexibility index (Phi) is 7.66. The van der Waals surface area contributed by atoms with Crippen molar-refractivity contribution in [3.05, 3.63) is 95.6 Å². The Bertz CT molecular complexity index is 1110. The van der Waals surface area contributed by atoms with E-state index >= 15 is 0 Å². The summed E-state index contributed by atoms with van der Waals surface area (Å²) in [6.45, 7) is 2.31. The van der Waals surface area contributed by atoms with E-state index in [2.05, 4.69) is 0 Å². The Morgan fingerprint density at radius 1 is 0.875 bits per heavy atom. The van der Waals surface area contributed by atoms with Crippen molar-refractivity contribution in [3.8, 4) is 5.75 Å². The normalized spacial score (nSPS) is 11.4. The fourth-order valence-corrected chi connectivity index (χ4v) is 4.61. The van der Waals surface area contributed by atoms with Crippen LogP contribution in [0.25, 0.3) is 0 Å². The van der Waals surface area contributed by atoms with Crippen molar-refractivity contribution in [2.24, 2.45) is 0 Å². The third kappa shape index (κ3) is 5.75. The standard InChI is InChI=1S/C25H28N2O4S/c1-20-16-23(14-15-24(20)31-3)32(29,30)26(2)19-25(28)27(17-21-10-6-4-7-11-21)18-22-12-8-5-9-13-22/h4-16H,17-19H2,1-3H3. The summed E-state index contributed by atoms with van der Waals surface area (Å²) in [5, 5.41) is 0. The molecule has 0 bridgehead atoms. The number of aryl methyl sites for hydroxylation is 1. The van der Waals surface area contributed by atoms with Crippen molar-refractivity contribution in [1.82, 2.24) is 9.21 Å². The SMILES string of the molecule is COc1ccc(S(=O)(=O)N(C)CC(=O)N(Cc2ccccc2)Cc2ccccc2)cc1C. The van der Waals surface area contributed by atoms with E-state index in [9.17, 15) is 13.2 Å². The van der Waals surface area contributed by atoms with E-state index in [1.807, 2.05) is 60.7 Å². The molecule has 0 unspecified atom stereocenters. The van der Waals surface area contributed by atoms with Crippen LogP contribution in [0, 0.1) is 6.92 Å². The van der Waals surface area contributed by atoms with Gasteiger partial charge in [0.05, 0.1) is 18.6 Å². The van der Waals surface area contributed by atoms with Crippen molar-refractivity contribution in [1.29, 1.82) is 0 Å². The molecule has 0 saturated carbocycles. The lowest BCUT2D eigenvalue weighted by atomic mass is 10.1. The number of hydrogen-bond acceptors (Lipinski definition) is 4. The summed E-state index contributed by atoms with van der Waals surface area (Å²) < 4.78 is 32.5. The van der Waals surface area contributed by atoms with Gasteiger partial charge in [-0.25, -0.2) is 8.42 Å². The lowest BCUT2D eigenvalue weighted by Gasteiger charge is -2.26. The number of nitrogens with zero attached hydrogens (tertiary/aromatic N) is 2. The molecule has 3 aromatic carbocycles. The van der Waals surface area contributed by atoms with Crippen LogP contribution in [-0.4, -0.2) is 44.2 Å². The van der Waals surface area contributed by atoms with Crippen molar-refractivity contribution in [2.75, 3.05) is 20.7 Å². The Labute approximate surface area is 190 Å². The zero-order chi connectivity index (χ0) is 23.1. The number of amides is 1. The minimum absolute atomic E-state index is 0.128. The minimum Gasteiger partial charge on any atom is -0.496 e. The highest BCUT2D eigenvalue weighted by Crippen LogP contribution is 2.23. The summed E-state index contributed by atoms with van der Waals surface area (Å²) in [4.78, 5) is 15.0. The molecule has 168 valence electrons. The van der Waals surface area contributed by atoms with Crippen LogP contribution in [0.5, 0.6) is 5.75 Å². The second-order valence-corrected chi connectivity index (χ2v) is 9.66. The highest BCUT2D eigenvalue weighted by atomic mass is 32.2. The molecular weight excluding hydrogens is 424 g/mol. The third-order valence-corrected chi connectivity index (χ3v) is 7.02. The molecule has 0 saturated heterocycles. The van der Waals surface area contributed by atoms with Crippen molar-refractivity contribution >= 4 is 15.9 Å². The molecule has 3 rings (SSSR count). The molecule has 0 aliphatic rings. The number of sulfonamides is 1. The Balaban J connectivity index is 1.80. The van der Waals surface area contributed by atoms with Crippen molar-refractivity contribution in [3.63, 3.8) is 0 Å². The molecule has 0 spiro atoms.